The lowest BCUT2D eigenvalue weighted by Gasteiger charge is -2.22. The van der Waals surface area contributed by atoms with E-state index in [1.807, 2.05) is 46.8 Å². The molecule has 5 nitrogen and oxygen atoms in total. The Morgan fingerprint density at radius 3 is 2.52 bits per heavy atom. The lowest BCUT2D eigenvalue weighted by atomic mass is 9.95. The maximum Gasteiger partial charge on any atom is 0.309 e. The molecule has 0 aromatic heterocycles. The fourth-order valence-electron chi connectivity index (χ4n) is 1.96. The number of carbonyl (C=O) groups is 1. The van der Waals surface area contributed by atoms with Crippen LogP contribution in [-0.2, 0) is 16.0 Å². The van der Waals surface area contributed by atoms with Crippen molar-refractivity contribution in [2.45, 2.75) is 46.6 Å². The van der Waals surface area contributed by atoms with Gasteiger partial charge in [0.15, 0.2) is 5.84 Å². The van der Waals surface area contributed by atoms with Gasteiger partial charge in [0.25, 0.3) is 0 Å². The van der Waals surface area contributed by atoms with Gasteiger partial charge in [0, 0.05) is 5.56 Å². The van der Waals surface area contributed by atoms with Gasteiger partial charge in [0.2, 0.25) is 0 Å². The first-order valence-corrected chi connectivity index (χ1v) is 6.94. The Hall–Kier alpha value is -2.04. The largest absolute Gasteiger partial charge is 0.460 e. The van der Waals surface area contributed by atoms with Crippen LogP contribution in [0.5, 0.6) is 0 Å². The van der Waals surface area contributed by atoms with Crippen LogP contribution in [0.1, 0.15) is 44.4 Å². The van der Waals surface area contributed by atoms with Crippen LogP contribution in [0.3, 0.4) is 0 Å². The molecule has 0 aliphatic carbocycles. The smallest absolute Gasteiger partial charge is 0.309 e. The number of hydrogen-bond donors (Lipinski definition) is 2. The Kier molecular flexibility index (Phi) is 5.35. The molecule has 0 aliphatic rings. The van der Waals surface area contributed by atoms with Crippen molar-refractivity contribution < 1.29 is 14.7 Å². The first kappa shape index (κ1) is 17.0. The molecule has 0 heterocycles. The second kappa shape index (κ2) is 6.61. The average molecular weight is 292 g/mol. The van der Waals surface area contributed by atoms with Crippen LogP contribution >= 0.6 is 0 Å². The van der Waals surface area contributed by atoms with Gasteiger partial charge < -0.3 is 15.7 Å². The molecule has 3 N–H and O–H groups in total. The topological polar surface area (TPSA) is 84.9 Å². The second-order valence-corrected chi connectivity index (χ2v) is 6.27. The van der Waals surface area contributed by atoms with E-state index in [9.17, 15) is 4.79 Å². The number of carbonyl (C=O) groups excluding carboxylic acids is 1. The normalized spacial score (nSPS) is 13.9. The minimum Gasteiger partial charge on any atom is -0.460 e. The molecule has 1 atom stereocenters. The molecule has 1 aromatic rings. The molecule has 0 spiro atoms. The zero-order valence-corrected chi connectivity index (χ0v) is 13.3. The van der Waals surface area contributed by atoms with Crippen molar-refractivity contribution in [3.63, 3.8) is 0 Å². The molecule has 0 aliphatic heterocycles. The highest BCUT2D eigenvalue weighted by atomic mass is 16.6. The summed E-state index contributed by atoms with van der Waals surface area (Å²) in [6.07, 6.45) is 0.594. The molecular formula is C16H24N2O3. The highest BCUT2D eigenvalue weighted by Crippen LogP contribution is 2.18. The van der Waals surface area contributed by atoms with E-state index in [-0.39, 0.29) is 17.7 Å². The molecule has 1 aromatic carbocycles. The standard InChI is InChI=1S/C16H24N2O3/c1-10-8-13(14(17)18-20)7-6-12(10)9-11(2)15(19)21-16(3,4)5/h6-8,11,20H,9H2,1-5H3,(H2,17,18). The average Bonchev–Trinajstić information content (AvgIpc) is 2.38. The lowest BCUT2D eigenvalue weighted by Crippen LogP contribution is -2.28. The van der Waals surface area contributed by atoms with Gasteiger partial charge in [-0.25, -0.2) is 0 Å². The lowest BCUT2D eigenvalue weighted by molar-refractivity contribution is -0.159. The number of amidine groups is 1. The van der Waals surface area contributed by atoms with Crippen molar-refractivity contribution in [2.75, 3.05) is 0 Å². The van der Waals surface area contributed by atoms with E-state index in [0.717, 1.165) is 11.1 Å². The van der Waals surface area contributed by atoms with Crippen molar-refractivity contribution in [3.05, 3.63) is 34.9 Å². The maximum atomic E-state index is 12.0. The van der Waals surface area contributed by atoms with Crippen LogP contribution in [-0.4, -0.2) is 22.6 Å². The van der Waals surface area contributed by atoms with Gasteiger partial charge in [-0.3, -0.25) is 4.79 Å². The van der Waals surface area contributed by atoms with Gasteiger partial charge in [-0.1, -0.05) is 24.2 Å². The number of hydrogen-bond acceptors (Lipinski definition) is 4. The predicted octanol–water partition coefficient (Wildman–Crippen LogP) is 2.61. The zero-order chi connectivity index (χ0) is 16.2. The number of esters is 1. The second-order valence-electron chi connectivity index (χ2n) is 6.27. The van der Waals surface area contributed by atoms with Crippen LogP contribution in [0, 0.1) is 12.8 Å². The third-order valence-corrected chi connectivity index (χ3v) is 3.08. The molecular weight excluding hydrogens is 268 g/mol. The van der Waals surface area contributed by atoms with Crippen LogP contribution < -0.4 is 5.73 Å². The van der Waals surface area contributed by atoms with Gasteiger partial charge >= 0.3 is 5.97 Å². The number of rotatable bonds is 4. The van der Waals surface area contributed by atoms with Gasteiger partial charge in [0.05, 0.1) is 5.92 Å². The Morgan fingerprint density at radius 1 is 1.43 bits per heavy atom. The van der Waals surface area contributed by atoms with E-state index < -0.39 is 5.60 Å². The highest BCUT2D eigenvalue weighted by Gasteiger charge is 2.22. The van der Waals surface area contributed by atoms with E-state index >= 15 is 0 Å². The van der Waals surface area contributed by atoms with Crippen molar-refractivity contribution in [3.8, 4) is 0 Å². The highest BCUT2D eigenvalue weighted by molar-refractivity contribution is 5.97. The Labute approximate surface area is 125 Å². The van der Waals surface area contributed by atoms with E-state index in [4.69, 9.17) is 15.7 Å². The predicted molar refractivity (Wildman–Crippen MR) is 82.4 cm³/mol. The summed E-state index contributed by atoms with van der Waals surface area (Å²) in [4.78, 5) is 12.0. The summed E-state index contributed by atoms with van der Waals surface area (Å²) in [5.74, 6) is -0.357. The molecule has 0 radical (unpaired) electrons. The van der Waals surface area contributed by atoms with Crippen LogP contribution in [0.2, 0.25) is 0 Å². The van der Waals surface area contributed by atoms with Gasteiger partial charge in [-0.05, 0) is 51.3 Å². The quantitative estimate of drug-likeness (QED) is 0.294. The Bertz CT molecular complexity index is 545. The fourth-order valence-corrected chi connectivity index (χ4v) is 1.96. The van der Waals surface area contributed by atoms with Gasteiger partial charge in [0.1, 0.15) is 5.60 Å². The molecule has 1 rings (SSSR count). The van der Waals surface area contributed by atoms with E-state index in [2.05, 4.69) is 5.16 Å². The molecule has 0 saturated carbocycles. The van der Waals surface area contributed by atoms with Crippen molar-refractivity contribution in [2.24, 2.45) is 16.8 Å². The molecule has 0 saturated heterocycles. The van der Waals surface area contributed by atoms with Crippen LogP contribution in [0.25, 0.3) is 0 Å². The van der Waals surface area contributed by atoms with Gasteiger partial charge in [-0.15, -0.1) is 0 Å². The number of nitrogens with two attached hydrogens (primary N) is 1. The minimum absolute atomic E-state index is 0.0739. The summed E-state index contributed by atoms with van der Waals surface area (Å²) in [6, 6.07) is 5.51. The minimum atomic E-state index is -0.476. The number of nitrogens with zero attached hydrogens (tertiary/aromatic N) is 1. The molecule has 21 heavy (non-hydrogen) atoms. The third kappa shape index (κ3) is 5.10. The summed E-state index contributed by atoms with van der Waals surface area (Å²) in [6.45, 7) is 9.36. The van der Waals surface area contributed by atoms with Crippen LogP contribution in [0.4, 0.5) is 0 Å². The molecule has 5 heteroatoms. The number of oxime groups is 1. The van der Waals surface area contributed by atoms with Gasteiger partial charge in [-0.2, -0.15) is 0 Å². The molecule has 0 fully saturated rings. The molecule has 0 bridgehead atoms. The number of ether oxygens (including phenoxy) is 1. The number of aryl methyl sites for hydroxylation is 1. The summed E-state index contributed by atoms with van der Waals surface area (Å²) < 4.78 is 5.38. The SMILES string of the molecule is Cc1cc(/C(N)=N/O)ccc1CC(C)C(=O)OC(C)(C)C. The first-order chi connectivity index (χ1) is 9.64. The summed E-state index contributed by atoms with van der Waals surface area (Å²) >= 11 is 0. The van der Waals surface area contributed by atoms with Crippen molar-refractivity contribution in [1.29, 1.82) is 0 Å². The molecule has 116 valence electrons. The van der Waals surface area contributed by atoms with E-state index in [1.165, 1.54) is 0 Å². The zero-order valence-electron chi connectivity index (χ0n) is 13.3. The summed E-state index contributed by atoms with van der Waals surface area (Å²) in [5, 5.41) is 11.7. The third-order valence-electron chi connectivity index (χ3n) is 3.08. The summed E-state index contributed by atoms with van der Waals surface area (Å²) in [5.41, 5.74) is 7.78. The first-order valence-electron chi connectivity index (χ1n) is 6.94. The van der Waals surface area contributed by atoms with Crippen LogP contribution in [0.15, 0.2) is 23.4 Å². The van der Waals surface area contributed by atoms with E-state index in [1.54, 1.807) is 6.07 Å². The molecule has 0 amide bonds. The van der Waals surface area contributed by atoms with E-state index in [0.29, 0.717) is 12.0 Å². The van der Waals surface area contributed by atoms with Crippen molar-refractivity contribution in [1.82, 2.24) is 0 Å². The summed E-state index contributed by atoms with van der Waals surface area (Å²) in [7, 11) is 0. The molecule has 1 unspecified atom stereocenters. The monoisotopic (exact) mass is 292 g/mol. The fraction of sp³-hybridized carbons (Fsp3) is 0.500. The Morgan fingerprint density at radius 2 is 2.05 bits per heavy atom. The van der Waals surface area contributed by atoms with Crippen molar-refractivity contribution >= 4 is 11.8 Å². The number of benzene rings is 1. The Balaban J connectivity index is 2.82. The maximum absolute atomic E-state index is 12.0.